The molecule has 0 saturated carbocycles. The highest BCUT2D eigenvalue weighted by Crippen LogP contribution is 2.38. The van der Waals surface area contributed by atoms with Crippen molar-refractivity contribution in [1.82, 2.24) is 5.32 Å². The standard InChI is InChI=1S/C7H12INO.C2H6/c8-6-7(3-4-9-6)2-1-5-10-7;1-2/h6,9H,1-5H2;1-2H3. The first-order valence-electron chi connectivity index (χ1n) is 4.85. The average molecular weight is 283 g/mol. The lowest BCUT2D eigenvalue weighted by Gasteiger charge is -2.25. The summed E-state index contributed by atoms with van der Waals surface area (Å²) in [6, 6.07) is 0. The van der Waals surface area contributed by atoms with Crippen molar-refractivity contribution in [1.29, 1.82) is 0 Å². The van der Waals surface area contributed by atoms with E-state index in [2.05, 4.69) is 27.9 Å². The monoisotopic (exact) mass is 283 g/mol. The van der Waals surface area contributed by atoms with Crippen LogP contribution in [0.5, 0.6) is 0 Å². The Bertz CT molecular complexity index is 129. The average Bonchev–Trinajstić information content (AvgIpc) is 2.70. The molecule has 2 rings (SSSR count). The Hall–Kier alpha value is 0.650. The topological polar surface area (TPSA) is 21.3 Å². The van der Waals surface area contributed by atoms with Crippen LogP contribution < -0.4 is 5.32 Å². The molecular formula is C9H18INO. The molecule has 12 heavy (non-hydrogen) atoms. The quantitative estimate of drug-likeness (QED) is 0.418. The summed E-state index contributed by atoms with van der Waals surface area (Å²) in [7, 11) is 0. The summed E-state index contributed by atoms with van der Waals surface area (Å²) in [5, 5.41) is 3.41. The smallest absolute Gasteiger partial charge is 0.0939 e. The summed E-state index contributed by atoms with van der Waals surface area (Å²) in [4.78, 5) is 0. The molecule has 2 heterocycles. The number of ether oxygens (including phenoxy) is 1. The zero-order valence-electron chi connectivity index (χ0n) is 7.90. The fourth-order valence-electron chi connectivity index (χ4n) is 1.84. The van der Waals surface area contributed by atoms with Crippen molar-refractivity contribution in [2.45, 2.75) is 42.8 Å². The molecule has 3 heteroatoms. The van der Waals surface area contributed by atoms with Gasteiger partial charge in [-0.3, -0.25) is 0 Å². The Morgan fingerprint density at radius 1 is 1.42 bits per heavy atom. The lowest BCUT2D eigenvalue weighted by Crippen LogP contribution is -2.37. The summed E-state index contributed by atoms with van der Waals surface area (Å²) in [5.74, 6) is 0. The number of nitrogens with one attached hydrogen (secondary N) is 1. The maximum absolute atomic E-state index is 5.74. The van der Waals surface area contributed by atoms with Crippen molar-refractivity contribution >= 4 is 22.6 Å². The summed E-state index contributed by atoms with van der Waals surface area (Å²) < 4.78 is 6.29. The van der Waals surface area contributed by atoms with Crippen molar-refractivity contribution in [3.05, 3.63) is 0 Å². The Morgan fingerprint density at radius 2 is 2.17 bits per heavy atom. The van der Waals surface area contributed by atoms with Crippen molar-refractivity contribution in [3.63, 3.8) is 0 Å². The number of hydrogen-bond acceptors (Lipinski definition) is 2. The summed E-state index contributed by atoms with van der Waals surface area (Å²) in [6.45, 7) is 6.11. The highest BCUT2D eigenvalue weighted by molar-refractivity contribution is 14.1. The molecule has 0 aliphatic carbocycles. The van der Waals surface area contributed by atoms with Gasteiger partial charge in [0.05, 0.1) is 9.65 Å². The maximum Gasteiger partial charge on any atom is 0.0939 e. The molecule has 1 spiro atoms. The Morgan fingerprint density at radius 3 is 2.58 bits per heavy atom. The molecule has 2 unspecified atom stereocenters. The summed E-state index contributed by atoms with van der Waals surface area (Å²) in [6.07, 6.45) is 3.72. The van der Waals surface area contributed by atoms with Crippen LogP contribution in [0.2, 0.25) is 0 Å². The van der Waals surface area contributed by atoms with Gasteiger partial charge in [-0.1, -0.05) is 36.4 Å². The first-order valence-corrected chi connectivity index (χ1v) is 6.09. The SMILES string of the molecule is CC.IC1NCCC12CCCO2. The Labute approximate surface area is 88.6 Å². The molecule has 0 bridgehead atoms. The van der Waals surface area contributed by atoms with Gasteiger partial charge in [-0.2, -0.15) is 0 Å². The minimum absolute atomic E-state index is 0.223. The third kappa shape index (κ3) is 1.93. The van der Waals surface area contributed by atoms with Crippen LogP contribution in [0.4, 0.5) is 0 Å². The van der Waals surface area contributed by atoms with Crippen LogP contribution >= 0.6 is 22.6 Å². The van der Waals surface area contributed by atoms with E-state index in [1.807, 2.05) is 13.8 Å². The van der Waals surface area contributed by atoms with Gasteiger partial charge in [-0.05, 0) is 25.8 Å². The van der Waals surface area contributed by atoms with Crippen molar-refractivity contribution < 1.29 is 4.74 Å². The van der Waals surface area contributed by atoms with Crippen LogP contribution in [0.15, 0.2) is 0 Å². The van der Waals surface area contributed by atoms with Gasteiger partial charge in [0, 0.05) is 6.61 Å². The number of alkyl halides is 1. The van der Waals surface area contributed by atoms with Crippen LogP contribution in [-0.2, 0) is 4.74 Å². The number of halogens is 1. The minimum Gasteiger partial charge on any atom is -0.372 e. The van der Waals surface area contributed by atoms with Gasteiger partial charge < -0.3 is 10.1 Å². The molecule has 0 aromatic heterocycles. The van der Waals surface area contributed by atoms with Gasteiger partial charge in [0.1, 0.15) is 0 Å². The van der Waals surface area contributed by atoms with Gasteiger partial charge in [0.15, 0.2) is 0 Å². The second-order valence-electron chi connectivity index (χ2n) is 3.08. The molecule has 1 N–H and O–H groups in total. The van der Waals surface area contributed by atoms with Crippen LogP contribution in [-0.4, -0.2) is 22.8 Å². The fourth-order valence-corrected chi connectivity index (χ4v) is 2.95. The van der Waals surface area contributed by atoms with Gasteiger partial charge in [0.2, 0.25) is 0 Å². The van der Waals surface area contributed by atoms with E-state index in [0.29, 0.717) is 4.05 Å². The zero-order valence-corrected chi connectivity index (χ0v) is 10.1. The molecule has 0 aromatic rings. The van der Waals surface area contributed by atoms with Gasteiger partial charge in [-0.25, -0.2) is 0 Å². The largest absolute Gasteiger partial charge is 0.372 e. The van der Waals surface area contributed by atoms with Crippen LogP contribution in [0.25, 0.3) is 0 Å². The predicted octanol–water partition coefficient (Wildman–Crippen LogP) is 2.32. The molecule has 2 aliphatic heterocycles. The zero-order chi connectivity index (χ0) is 9.03. The molecule has 0 radical (unpaired) electrons. The van der Waals surface area contributed by atoms with Crippen LogP contribution in [0.1, 0.15) is 33.1 Å². The summed E-state index contributed by atoms with van der Waals surface area (Å²) in [5.41, 5.74) is 0.223. The predicted molar refractivity (Wildman–Crippen MR) is 59.7 cm³/mol. The maximum atomic E-state index is 5.74. The molecular weight excluding hydrogens is 265 g/mol. The van der Waals surface area contributed by atoms with E-state index in [9.17, 15) is 0 Å². The van der Waals surface area contributed by atoms with Gasteiger partial charge in [0.25, 0.3) is 0 Å². The third-order valence-corrected chi connectivity index (χ3v) is 4.04. The molecule has 0 aromatic carbocycles. The van der Waals surface area contributed by atoms with Crippen molar-refractivity contribution in [3.8, 4) is 0 Å². The second kappa shape index (κ2) is 4.77. The molecule has 2 atom stereocenters. The van der Waals surface area contributed by atoms with E-state index < -0.39 is 0 Å². The normalized spacial score (nSPS) is 39.8. The van der Waals surface area contributed by atoms with E-state index in [-0.39, 0.29) is 5.60 Å². The highest BCUT2D eigenvalue weighted by Gasteiger charge is 2.44. The molecule has 2 saturated heterocycles. The Balaban J connectivity index is 0.000000336. The van der Waals surface area contributed by atoms with E-state index in [1.54, 1.807) is 0 Å². The molecule has 2 nitrogen and oxygen atoms in total. The number of rotatable bonds is 0. The van der Waals surface area contributed by atoms with Crippen LogP contribution in [0, 0.1) is 0 Å². The van der Waals surface area contributed by atoms with E-state index in [1.165, 1.54) is 19.3 Å². The minimum atomic E-state index is 0.223. The second-order valence-corrected chi connectivity index (χ2v) is 4.33. The van der Waals surface area contributed by atoms with Crippen molar-refractivity contribution in [2.24, 2.45) is 0 Å². The highest BCUT2D eigenvalue weighted by atomic mass is 127. The summed E-state index contributed by atoms with van der Waals surface area (Å²) >= 11 is 2.45. The van der Waals surface area contributed by atoms with Crippen molar-refractivity contribution in [2.75, 3.05) is 13.2 Å². The van der Waals surface area contributed by atoms with E-state index >= 15 is 0 Å². The molecule has 0 amide bonds. The first-order chi connectivity index (χ1) is 5.83. The fraction of sp³-hybridized carbons (Fsp3) is 1.00. The number of hydrogen-bond donors (Lipinski definition) is 1. The van der Waals surface area contributed by atoms with Gasteiger partial charge >= 0.3 is 0 Å². The first kappa shape index (κ1) is 10.7. The third-order valence-electron chi connectivity index (χ3n) is 2.47. The molecule has 2 aliphatic rings. The lowest BCUT2D eigenvalue weighted by atomic mass is 10.00. The molecule has 72 valence electrons. The Kier molecular flexibility index (Phi) is 4.26. The lowest BCUT2D eigenvalue weighted by molar-refractivity contribution is 0.0175. The van der Waals surface area contributed by atoms with Gasteiger partial charge in [-0.15, -0.1) is 0 Å². The van der Waals surface area contributed by atoms with Crippen LogP contribution in [0.3, 0.4) is 0 Å². The molecule has 2 fully saturated rings. The van der Waals surface area contributed by atoms with E-state index in [4.69, 9.17) is 4.74 Å². The van der Waals surface area contributed by atoms with E-state index in [0.717, 1.165) is 13.2 Å².